The second-order valence-corrected chi connectivity index (χ2v) is 8.38. The van der Waals surface area contributed by atoms with E-state index in [-0.39, 0.29) is 17.9 Å². The van der Waals surface area contributed by atoms with Gasteiger partial charge >= 0.3 is 0 Å². The predicted octanol–water partition coefficient (Wildman–Crippen LogP) is 5.46. The fourth-order valence-electron chi connectivity index (χ4n) is 4.00. The number of benzene rings is 3. The van der Waals surface area contributed by atoms with Crippen LogP contribution in [0.5, 0.6) is 11.5 Å². The number of nitrogens with one attached hydrogen (secondary N) is 2. The van der Waals surface area contributed by atoms with Crippen molar-refractivity contribution in [2.24, 2.45) is 0 Å². The largest absolute Gasteiger partial charge is 0.490 e. The Morgan fingerprint density at radius 3 is 2.09 bits per heavy atom. The molecule has 0 radical (unpaired) electrons. The summed E-state index contributed by atoms with van der Waals surface area (Å²) in [6, 6.07) is 23.8. The molecule has 1 aliphatic carbocycles. The van der Waals surface area contributed by atoms with Gasteiger partial charge in [-0.15, -0.1) is 0 Å². The van der Waals surface area contributed by atoms with E-state index in [1.54, 1.807) is 48.5 Å². The summed E-state index contributed by atoms with van der Waals surface area (Å²) in [7, 11) is 0. The molecule has 1 saturated carbocycles. The molecular weight excluding hydrogens is 428 g/mol. The fourth-order valence-corrected chi connectivity index (χ4v) is 4.00. The van der Waals surface area contributed by atoms with E-state index in [4.69, 9.17) is 9.47 Å². The highest BCUT2D eigenvalue weighted by molar-refractivity contribution is 6.05. The first-order valence-electron chi connectivity index (χ1n) is 11.8. The molecule has 2 N–H and O–H groups in total. The Bertz CT molecular complexity index is 1080. The summed E-state index contributed by atoms with van der Waals surface area (Å²) in [6.45, 7) is 0.826. The first-order valence-corrected chi connectivity index (χ1v) is 11.8. The lowest BCUT2D eigenvalue weighted by Gasteiger charge is -2.22. The van der Waals surface area contributed by atoms with Gasteiger partial charge in [-0.2, -0.15) is 0 Å². The number of carbonyl (C=O) groups is 2. The highest BCUT2D eigenvalue weighted by Crippen LogP contribution is 2.19. The van der Waals surface area contributed by atoms with Gasteiger partial charge in [0, 0.05) is 22.9 Å². The molecule has 0 saturated heterocycles. The van der Waals surface area contributed by atoms with Crippen molar-refractivity contribution in [3.63, 3.8) is 0 Å². The Morgan fingerprint density at radius 2 is 1.38 bits per heavy atom. The highest BCUT2D eigenvalue weighted by Gasteiger charge is 2.17. The monoisotopic (exact) mass is 458 g/mol. The van der Waals surface area contributed by atoms with Gasteiger partial charge in [0.1, 0.15) is 24.7 Å². The lowest BCUT2D eigenvalue weighted by Crippen LogP contribution is -2.36. The lowest BCUT2D eigenvalue weighted by molar-refractivity contribution is 0.0926. The van der Waals surface area contributed by atoms with Crippen LogP contribution >= 0.6 is 0 Å². The van der Waals surface area contributed by atoms with Gasteiger partial charge in [0.2, 0.25) is 0 Å². The third-order valence-corrected chi connectivity index (χ3v) is 5.80. The molecule has 176 valence electrons. The van der Waals surface area contributed by atoms with Crippen molar-refractivity contribution in [1.29, 1.82) is 0 Å². The van der Waals surface area contributed by atoms with E-state index < -0.39 is 0 Å². The van der Waals surface area contributed by atoms with E-state index in [2.05, 4.69) is 10.6 Å². The maximum atomic E-state index is 12.7. The minimum absolute atomic E-state index is 0.0965. The van der Waals surface area contributed by atoms with Gasteiger partial charge in [-0.3, -0.25) is 9.59 Å². The van der Waals surface area contributed by atoms with Crippen molar-refractivity contribution in [3.8, 4) is 11.5 Å². The molecule has 0 aromatic heterocycles. The van der Waals surface area contributed by atoms with Gasteiger partial charge in [0.15, 0.2) is 0 Å². The van der Waals surface area contributed by atoms with Gasteiger partial charge in [0.05, 0.1) is 0 Å². The van der Waals surface area contributed by atoms with Crippen molar-refractivity contribution in [2.75, 3.05) is 18.5 Å². The summed E-state index contributed by atoms with van der Waals surface area (Å²) in [4.78, 5) is 25.3. The van der Waals surface area contributed by atoms with E-state index in [0.29, 0.717) is 35.8 Å². The molecule has 0 heterocycles. The number of para-hydroxylation sites is 1. The second kappa shape index (κ2) is 11.9. The predicted molar refractivity (Wildman–Crippen MR) is 133 cm³/mol. The quantitative estimate of drug-likeness (QED) is 0.418. The summed E-state index contributed by atoms with van der Waals surface area (Å²) in [6.07, 6.45) is 5.62. The summed E-state index contributed by atoms with van der Waals surface area (Å²) in [5.41, 5.74) is 1.63. The van der Waals surface area contributed by atoms with Gasteiger partial charge in [-0.1, -0.05) is 43.5 Å². The molecule has 0 atom stereocenters. The Kier molecular flexibility index (Phi) is 8.17. The molecule has 1 aliphatic rings. The van der Waals surface area contributed by atoms with Crippen molar-refractivity contribution >= 4 is 17.5 Å². The van der Waals surface area contributed by atoms with Crippen LogP contribution in [-0.2, 0) is 0 Å². The second-order valence-electron chi connectivity index (χ2n) is 8.38. The number of ether oxygens (including phenoxy) is 2. The zero-order valence-electron chi connectivity index (χ0n) is 19.2. The molecule has 34 heavy (non-hydrogen) atoms. The van der Waals surface area contributed by atoms with Crippen LogP contribution in [0.4, 0.5) is 5.69 Å². The lowest BCUT2D eigenvalue weighted by atomic mass is 9.95. The molecule has 0 bridgehead atoms. The Morgan fingerprint density at radius 1 is 0.706 bits per heavy atom. The number of hydrogen-bond acceptors (Lipinski definition) is 4. The molecule has 6 heteroatoms. The standard InChI is InChI=1S/C28H30N2O4/c31-27(21-14-16-26(17-15-21)34-19-18-33-25-12-5-2-6-13-25)30-24-11-7-8-22(20-24)28(32)29-23-9-3-1-4-10-23/h2,5-8,11-17,20,23H,1,3-4,9-10,18-19H2,(H,29,32)(H,30,31). The summed E-state index contributed by atoms with van der Waals surface area (Å²) in [5.74, 6) is 1.12. The van der Waals surface area contributed by atoms with Crippen LogP contribution in [0.1, 0.15) is 52.8 Å². The minimum Gasteiger partial charge on any atom is -0.490 e. The van der Waals surface area contributed by atoms with Crippen LogP contribution in [0, 0.1) is 0 Å². The molecule has 3 aromatic carbocycles. The highest BCUT2D eigenvalue weighted by atomic mass is 16.5. The first-order chi connectivity index (χ1) is 16.7. The van der Waals surface area contributed by atoms with Crippen molar-refractivity contribution in [2.45, 2.75) is 38.1 Å². The fraction of sp³-hybridized carbons (Fsp3) is 0.286. The van der Waals surface area contributed by atoms with Crippen LogP contribution < -0.4 is 20.1 Å². The average molecular weight is 459 g/mol. The summed E-state index contributed by atoms with van der Waals surface area (Å²) in [5, 5.41) is 5.98. The molecule has 6 nitrogen and oxygen atoms in total. The number of hydrogen-bond donors (Lipinski definition) is 2. The molecule has 1 fully saturated rings. The van der Waals surface area contributed by atoms with Crippen molar-refractivity contribution < 1.29 is 19.1 Å². The van der Waals surface area contributed by atoms with Crippen LogP contribution in [-0.4, -0.2) is 31.1 Å². The number of carbonyl (C=O) groups excluding carboxylic acids is 2. The van der Waals surface area contributed by atoms with Crippen molar-refractivity contribution in [3.05, 3.63) is 90.0 Å². The van der Waals surface area contributed by atoms with E-state index in [1.165, 1.54) is 6.42 Å². The molecule has 0 aliphatic heterocycles. The topological polar surface area (TPSA) is 76.7 Å². The van der Waals surface area contributed by atoms with E-state index >= 15 is 0 Å². The van der Waals surface area contributed by atoms with E-state index in [9.17, 15) is 9.59 Å². The van der Waals surface area contributed by atoms with E-state index in [0.717, 1.165) is 31.4 Å². The number of anilines is 1. The van der Waals surface area contributed by atoms with E-state index in [1.807, 2.05) is 30.3 Å². The molecule has 0 unspecified atom stereocenters. The third kappa shape index (κ3) is 6.85. The zero-order valence-corrected chi connectivity index (χ0v) is 19.2. The Hall–Kier alpha value is -3.80. The molecule has 3 aromatic rings. The summed E-state index contributed by atoms with van der Waals surface area (Å²) >= 11 is 0. The zero-order chi connectivity index (χ0) is 23.6. The van der Waals surface area contributed by atoms with Crippen LogP contribution in [0.3, 0.4) is 0 Å². The van der Waals surface area contributed by atoms with Crippen LogP contribution in [0.15, 0.2) is 78.9 Å². The first kappa shape index (κ1) is 23.4. The van der Waals surface area contributed by atoms with Gasteiger partial charge in [0.25, 0.3) is 11.8 Å². The maximum Gasteiger partial charge on any atom is 0.255 e. The van der Waals surface area contributed by atoms with Gasteiger partial charge < -0.3 is 20.1 Å². The third-order valence-electron chi connectivity index (χ3n) is 5.80. The van der Waals surface area contributed by atoms with Gasteiger partial charge in [-0.05, 0) is 67.4 Å². The smallest absolute Gasteiger partial charge is 0.255 e. The normalized spacial score (nSPS) is 13.6. The Balaban J connectivity index is 1.26. The Labute approximate surface area is 200 Å². The molecule has 0 spiro atoms. The summed E-state index contributed by atoms with van der Waals surface area (Å²) < 4.78 is 11.3. The average Bonchev–Trinajstić information content (AvgIpc) is 2.88. The van der Waals surface area contributed by atoms with Crippen molar-refractivity contribution in [1.82, 2.24) is 5.32 Å². The van der Waals surface area contributed by atoms with Crippen LogP contribution in [0.25, 0.3) is 0 Å². The minimum atomic E-state index is -0.246. The number of rotatable bonds is 9. The molecule has 4 rings (SSSR count). The SMILES string of the molecule is O=C(Nc1cccc(C(=O)NC2CCCCC2)c1)c1ccc(OCCOc2ccccc2)cc1. The molecular formula is C28H30N2O4. The van der Waals surface area contributed by atoms with Gasteiger partial charge in [-0.25, -0.2) is 0 Å². The van der Waals surface area contributed by atoms with Crippen LogP contribution in [0.2, 0.25) is 0 Å². The number of amides is 2. The molecule has 2 amide bonds. The maximum absolute atomic E-state index is 12.7.